The molecule has 0 saturated heterocycles. The Hall–Kier alpha value is -1.26. The lowest BCUT2D eigenvalue weighted by atomic mass is 9.97. The molecule has 1 aliphatic carbocycles. The van der Waals surface area contributed by atoms with Crippen molar-refractivity contribution in [3.63, 3.8) is 0 Å². The van der Waals surface area contributed by atoms with Crippen molar-refractivity contribution in [2.24, 2.45) is 0 Å². The second-order valence-electron chi connectivity index (χ2n) is 4.90. The van der Waals surface area contributed by atoms with Crippen LogP contribution in [0.4, 0.5) is 4.79 Å². The molecule has 1 fully saturated rings. The SMILES string of the molecule is COC(=O)C(C)NC(=O)NC1CCCCCCC1. The molecule has 2 N–H and O–H groups in total. The summed E-state index contributed by atoms with van der Waals surface area (Å²) in [5.74, 6) is -0.428. The number of ether oxygens (including phenoxy) is 1. The maximum atomic E-state index is 11.7. The van der Waals surface area contributed by atoms with Gasteiger partial charge in [0.1, 0.15) is 6.04 Å². The van der Waals surface area contributed by atoms with Gasteiger partial charge in [-0.15, -0.1) is 0 Å². The molecule has 1 saturated carbocycles. The number of hydrogen-bond donors (Lipinski definition) is 2. The molecule has 5 nitrogen and oxygen atoms in total. The first-order chi connectivity index (χ1) is 8.63. The summed E-state index contributed by atoms with van der Waals surface area (Å²) < 4.78 is 4.56. The molecule has 0 aliphatic heterocycles. The smallest absolute Gasteiger partial charge is 0.328 e. The summed E-state index contributed by atoms with van der Waals surface area (Å²) in [6.45, 7) is 1.61. The van der Waals surface area contributed by atoms with E-state index in [2.05, 4.69) is 15.4 Å². The summed E-state index contributed by atoms with van der Waals surface area (Å²) in [6, 6.07) is -0.655. The van der Waals surface area contributed by atoms with E-state index in [0.29, 0.717) is 0 Å². The van der Waals surface area contributed by atoms with Gasteiger partial charge in [0.05, 0.1) is 7.11 Å². The van der Waals surface area contributed by atoms with Gasteiger partial charge in [-0.05, 0) is 19.8 Å². The van der Waals surface area contributed by atoms with E-state index < -0.39 is 12.0 Å². The first kappa shape index (κ1) is 14.8. The molecule has 0 heterocycles. The zero-order chi connectivity index (χ0) is 13.4. The molecule has 1 aliphatic rings. The molecule has 5 heteroatoms. The van der Waals surface area contributed by atoms with E-state index in [0.717, 1.165) is 25.7 Å². The van der Waals surface area contributed by atoms with Crippen molar-refractivity contribution in [1.82, 2.24) is 10.6 Å². The molecular formula is C13H24N2O3. The van der Waals surface area contributed by atoms with Gasteiger partial charge >= 0.3 is 12.0 Å². The maximum Gasteiger partial charge on any atom is 0.328 e. The van der Waals surface area contributed by atoms with Crippen molar-refractivity contribution in [3.05, 3.63) is 0 Å². The van der Waals surface area contributed by atoms with E-state index in [1.807, 2.05) is 0 Å². The predicted molar refractivity (Wildman–Crippen MR) is 69.3 cm³/mol. The Bertz CT molecular complexity index is 273. The van der Waals surface area contributed by atoms with Crippen LogP contribution in [0.2, 0.25) is 0 Å². The lowest BCUT2D eigenvalue weighted by Gasteiger charge is -2.22. The number of carbonyl (C=O) groups excluding carboxylic acids is 2. The highest BCUT2D eigenvalue weighted by atomic mass is 16.5. The number of hydrogen-bond acceptors (Lipinski definition) is 3. The van der Waals surface area contributed by atoms with Gasteiger partial charge in [-0.3, -0.25) is 0 Å². The van der Waals surface area contributed by atoms with Crippen LogP contribution in [-0.2, 0) is 9.53 Å². The van der Waals surface area contributed by atoms with Crippen LogP contribution in [0, 0.1) is 0 Å². The van der Waals surface area contributed by atoms with Gasteiger partial charge in [0, 0.05) is 6.04 Å². The zero-order valence-electron chi connectivity index (χ0n) is 11.3. The number of urea groups is 1. The fourth-order valence-corrected chi connectivity index (χ4v) is 2.26. The quantitative estimate of drug-likeness (QED) is 0.758. The summed E-state index contributed by atoms with van der Waals surface area (Å²) in [5, 5.41) is 5.53. The van der Waals surface area contributed by atoms with E-state index in [-0.39, 0.29) is 12.1 Å². The number of methoxy groups -OCH3 is 1. The van der Waals surface area contributed by atoms with Crippen LogP contribution in [0.3, 0.4) is 0 Å². The molecule has 1 unspecified atom stereocenters. The van der Waals surface area contributed by atoms with E-state index in [1.54, 1.807) is 6.92 Å². The van der Waals surface area contributed by atoms with Gasteiger partial charge in [0.2, 0.25) is 0 Å². The van der Waals surface area contributed by atoms with Crippen molar-refractivity contribution < 1.29 is 14.3 Å². The van der Waals surface area contributed by atoms with Crippen LogP contribution >= 0.6 is 0 Å². The van der Waals surface area contributed by atoms with Crippen LogP contribution in [0.15, 0.2) is 0 Å². The Morgan fingerprint density at radius 2 is 1.67 bits per heavy atom. The average Bonchev–Trinajstić information content (AvgIpc) is 2.31. The highest BCUT2D eigenvalue weighted by Gasteiger charge is 2.18. The third-order valence-corrected chi connectivity index (χ3v) is 3.34. The molecule has 1 atom stereocenters. The lowest BCUT2D eigenvalue weighted by molar-refractivity contribution is -0.142. The van der Waals surface area contributed by atoms with Crippen LogP contribution in [0.25, 0.3) is 0 Å². The number of nitrogens with one attached hydrogen (secondary N) is 2. The fourth-order valence-electron chi connectivity index (χ4n) is 2.26. The molecule has 1 rings (SSSR count). The van der Waals surface area contributed by atoms with E-state index in [9.17, 15) is 9.59 Å². The van der Waals surface area contributed by atoms with Crippen molar-refractivity contribution >= 4 is 12.0 Å². The fraction of sp³-hybridized carbons (Fsp3) is 0.846. The van der Waals surface area contributed by atoms with E-state index in [1.165, 1.54) is 26.4 Å². The number of carbonyl (C=O) groups is 2. The summed E-state index contributed by atoms with van der Waals surface area (Å²) >= 11 is 0. The third kappa shape index (κ3) is 5.38. The summed E-state index contributed by atoms with van der Waals surface area (Å²) in [4.78, 5) is 22.9. The highest BCUT2D eigenvalue weighted by Crippen LogP contribution is 2.16. The van der Waals surface area contributed by atoms with Gasteiger partial charge in [0.25, 0.3) is 0 Å². The largest absolute Gasteiger partial charge is 0.467 e. The van der Waals surface area contributed by atoms with Crippen LogP contribution in [-0.4, -0.2) is 31.2 Å². The number of rotatable bonds is 3. The molecule has 0 aromatic carbocycles. The van der Waals surface area contributed by atoms with Gasteiger partial charge in [-0.1, -0.05) is 32.1 Å². The second kappa shape index (κ2) is 7.95. The first-order valence-electron chi connectivity index (χ1n) is 6.78. The van der Waals surface area contributed by atoms with Gasteiger partial charge < -0.3 is 15.4 Å². The first-order valence-corrected chi connectivity index (χ1v) is 6.78. The zero-order valence-corrected chi connectivity index (χ0v) is 11.3. The molecule has 0 aromatic heterocycles. The normalized spacial score (nSPS) is 19.2. The van der Waals surface area contributed by atoms with Crippen LogP contribution in [0.5, 0.6) is 0 Å². The number of esters is 1. The van der Waals surface area contributed by atoms with Gasteiger partial charge in [-0.25, -0.2) is 9.59 Å². The van der Waals surface area contributed by atoms with E-state index >= 15 is 0 Å². The van der Waals surface area contributed by atoms with Gasteiger partial charge in [0.15, 0.2) is 0 Å². The summed E-state index contributed by atoms with van der Waals surface area (Å²) in [5.41, 5.74) is 0. The molecule has 0 bridgehead atoms. The molecule has 18 heavy (non-hydrogen) atoms. The van der Waals surface area contributed by atoms with Crippen molar-refractivity contribution in [2.45, 2.75) is 64.0 Å². The average molecular weight is 256 g/mol. The monoisotopic (exact) mass is 256 g/mol. The summed E-state index contributed by atoms with van der Waals surface area (Å²) in [6.07, 6.45) is 8.18. The van der Waals surface area contributed by atoms with Crippen molar-refractivity contribution in [3.8, 4) is 0 Å². The molecule has 0 radical (unpaired) electrons. The van der Waals surface area contributed by atoms with Crippen molar-refractivity contribution in [2.75, 3.05) is 7.11 Å². The molecule has 0 aromatic rings. The standard InChI is InChI=1S/C13H24N2O3/c1-10(12(16)18-2)14-13(17)15-11-8-6-4-3-5-7-9-11/h10-11H,3-9H2,1-2H3,(H2,14,15,17). The Kier molecular flexibility index (Phi) is 6.54. The maximum absolute atomic E-state index is 11.7. The second-order valence-corrected chi connectivity index (χ2v) is 4.90. The summed E-state index contributed by atoms with van der Waals surface area (Å²) in [7, 11) is 1.31. The van der Waals surface area contributed by atoms with Gasteiger partial charge in [-0.2, -0.15) is 0 Å². The minimum atomic E-state index is -0.608. The molecule has 0 spiro atoms. The molecular weight excluding hydrogens is 232 g/mol. The Labute approximate surface area is 109 Å². The Morgan fingerprint density at radius 1 is 1.11 bits per heavy atom. The van der Waals surface area contributed by atoms with Crippen LogP contribution in [0.1, 0.15) is 51.9 Å². The Morgan fingerprint density at radius 3 is 2.22 bits per heavy atom. The lowest BCUT2D eigenvalue weighted by Crippen LogP contribution is -2.48. The molecule has 2 amide bonds. The molecule has 104 valence electrons. The predicted octanol–water partition coefficient (Wildman–Crippen LogP) is 1.96. The number of amides is 2. The minimum absolute atomic E-state index is 0.232. The minimum Gasteiger partial charge on any atom is -0.467 e. The van der Waals surface area contributed by atoms with Crippen molar-refractivity contribution in [1.29, 1.82) is 0 Å². The van der Waals surface area contributed by atoms with E-state index in [4.69, 9.17) is 0 Å². The topological polar surface area (TPSA) is 67.4 Å². The Balaban J connectivity index is 2.31. The third-order valence-electron chi connectivity index (χ3n) is 3.34. The van der Waals surface area contributed by atoms with Crippen LogP contribution < -0.4 is 10.6 Å². The highest BCUT2D eigenvalue weighted by molar-refractivity contribution is 5.83.